The summed E-state index contributed by atoms with van der Waals surface area (Å²) in [5.74, 6) is 0. The molecule has 0 aromatic heterocycles. The lowest BCUT2D eigenvalue weighted by Crippen LogP contribution is -2.17. The minimum absolute atomic E-state index is 0.114. The van der Waals surface area contributed by atoms with E-state index in [1.54, 1.807) is 0 Å². The fraction of sp³-hybridized carbons (Fsp3) is 0.417. The Balaban J connectivity index is 2.51. The van der Waals surface area contributed by atoms with E-state index in [1.165, 1.54) is 0 Å². The molecule has 0 radical (unpaired) electrons. The SMILES string of the molecule is CC(C)OC(=O)Nc1ccc(CCN)cc1. The van der Waals surface area contributed by atoms with E-state index in [2.05, 4.69) is 5.32 Å². The molecule has 0 heterocycles. The number of carbonyl (C=O) groups is 1. The van der Waals surface area contributed by atoms with Crippen molar-refractivity contribution in [1.29, 1.82) is 0 Å². The molecule has 88 valence electrons. The van der Waals surface area contributed by atoms with E-state index in [0.29, 0.717) is 6.54 Å². The highest BCUT2D eigenvalue weighted by atomic mass is 16.6. The number of rotatable bonds is 4. The maximum absolute atomic E-state index is 11.3. The van der Waals surface area contributed by atoms with Gasteiger partial charge in [-0.2, -0.15) is 0 Å². The fourth-order valence-corrected chi connectivity index (χ4v) is 1.28. The van der Waals surface area contributed by atoms with Gasteiger partial charge in [-0.3, -0.25) is 5.32 Å². The van der Waals surface area contributed by atoms with Gasteiger partial charge in [-0.25, -0.2) is 4.79 Å². The van der Waals surface area contributed by atoms with Crippen LogP contribution in [0.4, 0.5) is 10.5 Å². The van der Waals surface area contributed by atoms with Crippen LogP contribution in [0, 0.1) is 0 Å². The van der Waals surface area contributed by atoms with Crippen LogP contribution in [0.25, 0.3) is 0 Å². The zero-order valence-corrected chi connectivity index (χ0v) is 9.69. The van der Waals surface area contributed by atoms with Crippen molar-refractivity contribution < 1.29 is 9.53 Å². The average molecular weight is 222 g/mol. The number of carbonyl (C=O) groups excluding carboxylic acids is 1. The van der Waals surface area contributed by atoms with Crippen molar-refractivity contribution in [2.24, 2.45) is 5.73 Å². The monoisotopic (exact) mass is 222 g/mol. The van der Waals surface area contributed by atoms with Crippen LogP contribution in [0.5, 0.6) is 0 Å². The fourth-order valence-electron chi connectivity index (χ4n) is 1.28. The summed E-state index contributed by atoms with van der Waals surface area (Å²) in [6, 6.07) is 7.56. The maximum atomic E-state index is 11.3. The van der Waals surface area contributed by atoms with Gasteiger partial charge in [0.05, 0.1) is 6.10 Å². The summed E-state index contributed by atoms with van der Waals surface area (Å²) in [5.41, 5.74) is 7.33. The van der Waals surface area contributed by atoms with Gasteiger partial charge in [-0.15, -0.1) is 0 Å². The molecule has 4 nitrogen and oxygen atoms in total. The molecule has 3 N–H and O–H groups in total. The number of amides is 1. The van der Waals surface area contributed by atoms with Gasteiger partial charge >= 0.3 is 6.09 Å². The summed E-state index contributed by atoms with van der Waals surface area (Å²) in [6.07, 6.45) is 0.301. The predicted octanol–water partition coefficient (Wildman–Crippen LogP) is 2.14. The van der Waals surface area contributed by atoms with Gasteiger partial charge in [0, 0.05) is 5.69 Å². The summed E-state index contributed by atoms with van der Waals surface area (Å²) >= 11 is 0. The van der Waals surface area contributed by atoms with E-state index in [9.17, 15) is 4.79 Å². The Hall–Kier alpha value is -1.55. The van der Waals surface area contributed by atoms with Crippen molar-refractivity contribution in [3.05, 3.63) is 29.8 Å². The summed E-state index contributed by atoms with van der Waals surface area (Å²) in [5, 5.41) is 2.65. The van der Waals surface area contributed by atoms with Crippen molar-refractivity contribution in [2.75, 3.05) is 11.9 Å². The number of nitrogens with two attached hydrogens (primary N) is 1. The van der Waals surface area contributed by atoms with Gasteiger partial charge in [0.2, 0.25) is 0 Å². The topological polar surface area (TPSA) is 64.3 Å². The highest BCUT2D eigenvalue weighted by molar-refractivity contribution is 5.84. The van der Waals surface area contributed by atoms with Crippen molar-refractivity contribution in [3.8, 4) is 0 Å². The number of nitrogens with one attached hydrogen (secondary N) is 1. The molecule has 1 aromatic carbocycles. The minimum Gasteiger partial charge on any atom is -0.447 e. The quantitative estimate of drug-likeness (QED) is 0.820. The molecule has 0 aliphatic carbocycles. The normalized spacial score (nSPS) is 10.2. The predicted molar refractivity (Wildman–Crippen MR) is 64.4 cm³/mol. The van der Waals surface area contributed by atoms with Crippen LogP contribution in [0.2, 0.25) is 0 Å². The second-order valence-corrected chi connectivity index (χ2v) is 3.81. The molecule has 0 aliphatic heterocycles. The van der Waals surface area contributed by atoms with E-state index in [0.717, 1.165) is 17.7 Å². The van der Waals surface area contributed by atoms with Crippen LogP contribution >= 0.6 is 0 Å². The Morgan fingerprint density at radius 1 is 1.38 bits per heavy atom. The highest BCUT2D eigenvalue weighted by Crippen LogP contribution is 2.10. The highest BCUT2D eigenvalue weighted by Gasteiger charge is 2.04. The van der Waals surface area contributed by atoms with Gasteiger partial charge in [-0.05, 0) is 44.5 Å². The molecule has 0 aliphatic rings. The zero-order chi connectivity index (χ0) is 12.0. The van der Waals surface area contributed by atoms with Crippen LogP contribution < -0.4 is 11.1 Å². The zero-order valence-electron chi connectivity index (χ0n) is 9.69. The third kappa shape index (κ3) is 4.31. The van der Waals surface area contributed by atoms with Gasteiger partial charge in [0.25, 0.3) is 0 Å². The lowest BCUT2D eigenvalue weighted by molar-refractivity contribution is 0.130. The van der Waals surface area contributed by atoms with Gasteiger partial charge < -0.3 is 10.5 Å². The average Bonchev–Trinajstić information content (AvgIpc) is 2.20. The second kappa shape index (κ2) is 6.12. The molecule has 0 saturated carbocycles. The lowest BCUT2D eigenvalue weighted by atomic mass is 10.1. The molecule has 0 bridgehead atoms. The van der Waals surface area contributed by atoms with Gasteiger partial charge in [0.1, 0.15) is 0 Å². The molecule has 4 heteroatoms. The van der Waals surface area contributed by atoms with Crippen LogP contribution in [-0.4, -0.2) is 18.7 Å². The second-order valence-electron chi connectivity index (χ2n) is 3.81. The Bertz CT molecular complexity index is 333. The van der Waals surface area contributed by atoms with Crippen LogP contribution in [-0.2, 0) is 11.2 Å². The van der Waals surface area contributed by atoms with E-state index in [-0.39, 0.29) is 6.10 Å². The summed E-state index contributed by atoms with van der Waals surface area (Å²) in [6.45, 7) is 4.25. The lowest BCUT2D eigenvalue weighted by Gasteiger charge is -2.09. The summed E-state index contributed by atoms with van der Waals surface area (Å²) < 4.78 is 4.96. The first-order valence-electron chi connectivity index (χ1n) is 5.38. The molecule has 1 amide bonds. The number of ether oxygens (including phenoxy) is 1. The summed E-state index contributed by atoms with van der Waals surface area (Å²) in [7, 11) is 0. The maximum Gasteiger partial charge on any atom is 0.411 e. The van der Waals surface area contributed by atoms with E-state index in [1.807, 2.05) is 38.1 Å². The van der Waals surface area contributed by atoms with Gasteiger partial charge in [-0.1, -0.05) is 12.1 Å². The molecular formula is C12H18N2O2. The molecule has 0 saturated heterocycles. The minimum atomic E-state index is -0.429. The number of anilines is 1. The Kier molecular flexibility index (Phi) is 4.79. The first-order chi connectivity index (χ1) is 7.61. The van der Waals surface area contributed by atoms with Crippen LogP contribution in [0.15, 0.2) is 24.3 Å². The Labute approximate surface area is 95.8 Å². The number of hydrogen-bond donors (Lipinski definition) is 2. The van der Waals surface area contributed by atoms with Gasteiger partial charge in [0.15, 0.2) is 0 Å². The molecule has 0 spiro atoms. The molecule has 0 unspecified atom stereocenters. The Morgan fingerprint density at radius 3 is 2.50 bits per heavy atom. The van der Waals surface area contributed by atoms with Crippen LogP contribution in [0.3, 0.4) is 0 Å². The first kappa shape index (κ1) is 12.5. The van der Waals surface area contributed by atoms with Crippen LogP contribution in [0.1, 0.15) is 19.4 Å². The van der Waals surface area contributed by atoms with E-state index >= 15 is 0 Å². The molecule has 16 heavy (non-hydrogen) atoms. The van der Waals surface area contributed by atoms with E-state index < -0.39 is 6.09 Å². The number of benzene rings is 1. The molecular weight excluding hydrogens is 204 g/mol. The van der Waals surface area contributed by atoms with Crippen molar-refractivity contribution in [3.63, 3.8) is 0 Å². The van der Waals surface area contributed by atoms with Crippen molar-refractivity contribution >= 4 is 11.8 Å². The largest absolute Gasteiger partial charge is 0.447 e. The smallest absolute Gasteiger partial charge is 0.411 e. The third-order valence-corrected chi connectivity index (χ3v) is 1.98. The first-order valence-corrected chi connectivity index (χ1v) is 5.38. The van der Waals surface area contributed by atoms with Crippen molar-refractivity contribution in [2.45, 2.75) is 26.4 Å². The van der Waals surface area contributed by atoms with E-state index in [4.69, 9.17) is 10.5 Å². The molecule has 1 aromatic rings. The summed E-state index contributed by atoms with van der Waals surface area (Å²) in [4.78, 5) is 11.3. The standard InChI is InChI=1S/C12H18N2O2/c1-9(2)16-12(15)14-11-5-3-10(4-6-11)7-8-13/h3-6,9H,7-8,13H2,1-2H3,(H,14,15). The third-order valence-electron chi connectivity index (χ3n) is 1.98. The molecule has 0 fully saturated rings. The number of hydrogen-bond acceptors (Lipinski definition) is 3. The Morgan fingerprint density at radius 2 is 2.00 bits per heavy atom. The molecule has 1 rings (SSSR count). The molecule has 0 atom stereocenters. The van der Waals surface area contributed by atoms with Crippen molar-refractivity contribution in [1.82, 2.24) is 0 Å².